The lowest BCUT2D eigenvalue weighted by Crippen LogP contribution is -2.21. The predicted molar refractivity (Wildman–Crippen MR) is 77.3 cm³/mol. The second-order valence-corrected chi connectivity index (χ2v) is 4.70. The number of carbonyl (C=O) groups is 2. The maximum atomic E-state index is 11.9. The minimum Gasteiger partial charge on any atom is -0.326 e. The third-order valence-electron chi connectivity index (χ3n) is 2.95. The van der Waals surface area contributed by atoms with Gasteiger partial charge in [-0.05, 0) is 37.1 Å². The summed E-state index contributed by atoms with van der Waals surface area (Å²) in [5.74, 6) is 0.126. The number of rotatable bonds is 6. The minimum atomic E-state index is 0.0351. The van der Waals surface area contributed by atoms with Crippen LogP contribution < -0.4 is 5.32 Å². The Morgan fingerprint density at radius 2 is 1.72 bits per heavy atom. The average molecular weight is 312 g/mol. The molecule has 98 valence electrons. The molecule has 3 nitrogen and oxygen atoms in total. The molecule has 0 atom stereocenters. The monoisotopic (exact) mass is 311 g/mol. The first kappa shape index (κ1) is 14.9. The summed E-state index contributed by atoms with van der Waals surface area (Å²) in [7, 11) is 0. The van der Waals surface area contributed by atoms with Crippen molar-refractivity contribution in [3.05, 3.63) is 29.8 Å². The van der Waals surface area contributed by atoms with Gasteiger partial charge in [0.1, 0.15) is 0 Å². The van der Waals surface area contributed by atoms with Gasteiger partial charge in [0.25, 0.3) is 0 Å². The number of hydrogen-bond acceptors (Lipinski definition) is 2. The van der Waals surface area contributed by atoms with Gasteiger partial charge in [-0.3, -0.25) is 9.59 Å². The van der Waals surface area contributed by atoms with Crippen LogP contribution in [0.2, 0.25) is 0 Å². The van der Waals surface area contributed by atoms with Crippen molar-refractivity contribution in [3.8, 4) is 0 Å². The van der Waals surface area contributed by atoms with E-state index < -0.39 is 0 Å². The Kier molecular flexibility index (Phi) is 6.05. The van der Waals surface area contributed by atoms with Gasteiger partial charge < -0.3 is 5.32 Å². The Labute approximate surface area is 116 Å². The lowest BCUT2D eigenvalue weighted by molar-refractivity contribution is -0.120. The fourth-order valence-electron chi connectivity index (χ4n) is 1.72. The third-order valence-corrected chi connectivity index (χ3v) is 3.46. The van der Waals surface area contributed by atoms with Crippen LogP contribution in [0.25, 0.3) is 0 Å². The zero-order chi connectivity index (χ0) is 13.5. The Morgan fingerprint density at radius 1 is 1.17 bits per heavy atom. The first-order valence-electron chi connectivity index (χ1n) is 6.12. The quantitative estimate of drug-likeness (QED) is 0.644. The number of hydrogen-bond donors (Lipinski definition) is 1. The lowest BCUT2D eigenvalue weighted by atomic mass is 10.0. The van der Waals surface area contributed by atoms with Crippen LogP contribution in [0.3, 0.4) is 0 Å². The Bertz CT molecular complexity index is 410. The van der Waals surface area contributed by atoms with Crippen LogP contribution in [-0.4, -0.2) is 17.0 Å². The highest BCUT2D eigenvalue weighted by molar-refractivity contribution is 9.09. The largest absolute Gasteiger partial charge is 0.326 e. The maximum Gasteiger partial charge on any atom is 0.227 e. The number of benzene rings is 1. The van der Waals surface area contributed by atoms with E-state index in [-0.39, 0.29) is 17.6 Å². The molecule has 4 heteroatoms. The Hall–Kier alpha value is -1.16. The molecule has 0 bridgehead atoms. The molecule has 0 saturated heterocycles. The Morgan fingerprint density at radius 3 is 2.17 bits per heavy atom. The predicted octanol–water partition coefficient (Wildman–Crippen LogP) is 3.64. The van der Waals surface area contributed by atoms with E-state index in [2.05, 4.69) is 21.2 Å². The van der Waals surface area contributed by atoms with Gasteiger partial charge in [0.05, 0.1) is 5.33 Å². The van der Waals surface area contributed by atoms with Gasteiger partial charge in [0.15, 0.2) is 5.78 Å². The molecule has 0 aliphatic heterocycles. The number of Topliss-reactive ketones (excluding diaryl/α,β-unsaturated/α-hetero) is 1. The van der Waals surface area contributed by atoms with E-state index in [4.69, 9.17) is 0 Å². The Balaban J connectivity index is 2.69. The highest BCUT2D eigenvalue weighted by atomic mass is 79.9. The summed E-state index contributed by atoms with van der Waals surface area (Å²) in [6.07, 6.45) is 1.67. The summed E-state index contributed by atoms with van der Waals surface area (Å²) in [6.45, 7) is 4.01. The van der Waals surface area contributed by atoms with Crippen LogP contribution in [0.15, 0.2) is 24.3 Å². The highest BCUT2D eigenvalue weighted by Gasteiger charge is 2.14. The smallest absolute Gasteiger partial charge is 0.227 e. The second kappa shape index (κ2) is 7.31. The average Bonchev–Trinajstić information content (AvgIpc) is 2.40. The first-order chi connectivity index (χ1) is 8.62. The van der Waals surface area contributed by atoms with Gasteiger partial charge >= 0.3 is 0 Å². The van der Waals surface area contributed by atoms with Crippen molar-refractivity contribution < 1.29 is 9.59 Å². The van der Waals surface area contributed by atoms with Crippen molar-refractivity contribution in [1.29, 1.82) is 0 Å². The van der Waals surface area contributed by atoms with Crippen molar-refractivity contribution in [2.24, 2.45) is 5.92 Å². The van der Waals surface area contributed by atoms with Crippen LogP contribution in [0.1, 0.15) is 37.0 Å². The van der Waals surface area contributed by atoms with Gasteiger partial charge in [-0.15, -0.1) is 0 Å². The summed E-state index contributed by atoms with van der Waals surface area (Å²) in [5.41, 5.74) is 1.38. The van der Waals surface area contributed by atoms with Gasteiger partial charge in [-0.2, -0.15) is 0 Å². The van der Waals surface area contributed by atoms with Gasteiger partial charge in [-0.1, -0.05) is 29.8 Å². The number of nitrogens with one attached hydrogen (secondary N) is 1. The molecule has 1 amide bonds. The van der Waals surface area contributed by atoms with Crippen molar-refractivity contribution in [2.45, 2.75) is 26.7 Å². The van der Waals surface area contributed by atoms with E-state index in [1.807, 2.05) is 13.8 Å². The van der Waals surface area contributed by atoms with Crippen LogP contribution in [0.4, 0.5) is 5.69 Å². The standard InChI is InChI=1S/C14H18BrNO2/c1-3-10(4-2)14(18)16-12-7-5-11(6-8-12)13(17)9-15/h5-8,10H,3-4,9H2,1-2H3,(H,16,18). The molecular formula is C14H18BrNO2. The van der Waals surface area contributed by atoms with Crippen molar-refractivity contribution in [3.63, 3.8) is 0 Å². The summed E-state index contributed by atoms with van der Waals surface area (Å²) in [5, 5.41) is 3.18. The summed E-state index contributed by atoms with van der Waals surface area (Å²) < 4.78 is 0. The number of halogens is 1. The molecule has 1 rings (SSSR count). The van der Waals surface area contributed by atoms with E-state index in [9.17, 15) is 9.59 Å². The molecule has 18 heavy (non-hydrogen) atoms. The number of alkyl halides is 1. The van der Waals surface area contributed by atoms with E-state index in [1.54, 1.807) is 24.3 Å². The molecule has 0 spiro atoms. The summed E-state index contributed by atoms with van der Waals surface area (Å²) in [6, 6.07) is 6.98. The molecule has 0 saturated carbocycles. The van der Waals surface area contributed by atoms with E-state index in [0.29, 0.717) is 10.9 Å². The van der Waals surface area contributed by atoms with E-state index in [0.717, 1.165) is 18.5 Å². The van der Waals surface area contributed by atoms with Crippen LogP contribution >= 0.6 is 15.9 Å². The molecule has 0 fully saturated rings. The second-order valence-electron chi connectivity index (χ2n) is 4.14. The molecular weight excluding hydrogens is 294 g/mol. The molecule has 1 aromatic carbocycles. The van der Waals surface area contributed by atoms with E-state index >= 15 is 0 Å². The van der Waals surface area contributed by atoms with Crippen LogP contribution in [0, 0.1) is 5.92 Å². The van der Waals surface area contributed by atoms with Gasteiger partial charge in [-0.25, -0.2) is 0 Å². The highest BCUT2D eigenvalue weighted by Crippen LogP contribution is 2.14. The SMILES string of the molecule is CCC(CC)C(=O)Nc1ccc(C(=O)CBr)cc1. The summed E-state index contributed by atoms with van der Waals surface area (Å²) >= 11 is 3.13. The molecule has 0 aliphatic carbocycles. The minimum absolute atomic E-state index is 0.0351. The van der Waals surface area contributed by atoms with Gasteiger partial charge in [0.2, 0.25) is 5.91 Å². The number of amides is 1. The van der Waals surface area contributed by atoms with Crippen LogP contribution in [-0.2, 0) is 4.79 Å². The molecule has 0 heterocycles. The first-order valence-corrected chi connectivity index (χ1v) is 7.24. The molecule has 0 aliphatic rings. The summed E-state index contributed by atoms with van der Waals surface area (Å²) in [4.78, 5) is 23.3. The zero-order valence-electron chi connectivity index (χ0n) is 10.7. The van der Waals surface area contributed by atoms with Crippen molar-refractivity contribution >= 4 is 33.3 Å². The molecule has 1 aromatic rings. The fourth-order valence-corrected chi connectivity index (χ4v) is 2.04. The molecule has 1 N–H and O–H groups in total. The van der Waals surface area contributed by atoms with Crippen LogP contribution in [0.5, 0.6) is 0 Å². The maximum absolute atomic E-state index is 11.9. The molecule has 0 radical (unpaired) electrons. The van der Waals surface area contributed by atoms with Crippen molar-refractivity contribution in [2.75, 3.05) is 10.6 Å². The number of carbonyl (C=O) groups excluding carboxylic acids is 2. The topological polar surface area (TPSA) is 46.2 Å². The fraction of sp³-hybridized carbons (Fsp3) is 0.429. The third kappa shape index (κ3) is 3.95. The number of ketones is 1. The van der Waals surface area contributed by atoms with Gasteiger partial charge in [0, 0.05) is 17.2 Å². The van der Waals surface area contributed by atoms with Crippen molar-refractivity contribution in [1.82, 2.24) is 0 Å². The van der Waals surface area contributed by atoms with E-state index in [1.165, 1.54) is 0 Å². The molecule has 0 aromatic heterocycles. The molecule has 0 unspecified atom stereocenters. The lowest BCUT2D eigenvalue weighted by Gasteiger charge is -2.12. The zero-order valence-corrected chi connectivity index (χ0v) is 12.3. The number of anilines is 1. The normalized spacial score (nSPS) is 10.4.